The molecule has 2 aromatic carbocycles. The standard InChI is InChI=1S/C27H29N5O2/c1-19-5-6-23(14-26(19)29-15-20-7-9-28-10-8-20)27(33)32-11-12-34-18-21(17-32)13-22-3-2-4-25-24(22)16-30-31-25/h2-10,14,16,21,29H,11-13,15,17-18H2,1H3,(H,30,31)/t21-/m0/s1. The van der Waals surface area contributed by atoms with Gasteiger partial charge in [0.15, 0.2) is 0 Å². The van der Waals surface area contributed by atoms with E-state index in [-0.39, 0.29) is 11.8 Å². The highest BCUT2D eigenvalue weighted by Crippen LogP contribution is 2.23. The second-order valence-electron chi connectivity index (χ2n) is 8.88. The summed E-state index contributed by atoms with van der Waals surface area (Å²) < 4.78 is 5.88. The average Bonchev–Trinajstić information content (AvgIpc) is 3.24. The van der Waals surface area contributed by atoms with Crippen molar-refractivity contribution in [3.8, 4) is 0 Å². The van der Waals surface area contributed by atoms with Gasteiger partial charge in [0.25, 0.3) is 5.91 Å². The fourth-order valence-corrected chi connectivity index (χ4v) is 4.53. The number of hydrogen-bond acceptors (Lipinski definition) is 5. The average molecular weight is 456 g/mol. The molecule has 0 bridgehead atoms. The first-order valence-electron chi connectivity index (χ1n) is 11.7. The molecule has 174 valence electrons. The van der Waals surface area contributed by atoms with Gasteiger partial charge in [-0.05, 0) is 60.4 Å². The Morgan fingerprint density at radius 1 is 1.21 bits per heavy atom. The number of pyridine rings is 1. The van der Waals surface area contributed by atoms with Crippen LogP contribution in [0.2, 0.25) is 0 Å². The van der Waals surface area contributed by atoms with Crippen LogP contribution in [0.4, 0.5) is 5.69 Å². The number of benzene rings is 2. The van der Waals surface area contributed by atoms with Crippen LogP contribution >= 0.6 is 0 Å². The molecule has 7 nitrogen and oxygen atoms in total. The maximum absolute atomic E-state index is 13.5. The predicted molar refractivity (Wildman–Crippen MR) is 133 cm³/mol. The number of aryl methyl sites for hydroxylation is 1. The van der Waals surface area contributed by atoms with E-state index < -0.39 is 0 Å². The smallest absolute Gasteiger partial charge is 0.254 e. The molecular formula is C27H29N5O2. The molecule has 0 aliphatic carbocycles. The monoisotopic (exact) mass is 455 g/mol. The molecule has 4 aromatic rings. The highest BCUT2D eigenvalue weighted by atomic mass is 16.5. The number of nitrogens with one attached hydrogen (secondary N) is 2. The van der Waals surface area contributed by atoms with Crippen LogP contribution in [0.1, 0.15) is 27.0 Å². The molecule has 1 saturated heterocycles. The minimum absolute atomic E-state index is 0.0454. The van der Waals surface area contributed by atoms with E-state index in [0.717, 1.165) is 34.1 Å². The zero-order valence-corrected chi connectivity index (χ0v) is 19.3. The lowest BCUT2D eigenvalue weighted by atomic mass is 9.97. The van der Waals surface area contributed by atoms with Crippen molar-refractivity contribution in [3.63, 3.8) is 0 Å². The van der Waals surface area contributed by atoms with Crippen LogP contribution < -0.4 is 5.32 Å². The Morgan fingerprint density at radius 2 is 2.09 bits per heavy atom. The summed E-state index contributed by atoms with van der Waals surface area (Å²) in [5.74, 6) is 0.269. The Kier molecular flexibility index (Phi) is 6.53. The van der Waals surface area contributed by atoms with Gasteiger partial charge in [-0.25, -0.2) is 0 Å². The van der Waals surface area contributed by atoms with Crippen LogP contribution in [0, 0.1) is 12.8 Å². The number of ether oxygens (including phenoxy) is 1. The largest absolute Gasteiger partial charge is 0.381 e. The van der Waals surface area contributed by atoms with Crippen molar-refractivity contribution in [3.05, 3.63) is 89.4 Å². The highest BCUT2D eigenvalue weighted by molar-refractivity contribution is 5.95. The van der Waals surface area contributed by atoms with Crippen molar-refractivity contribution in [1.82, 2.24) is 20.1 Å². The van der Waals surface area contributed by atoms with Gasteiger partial charge in [0, 0.05) is 54.6 Å². The number of fused-ring (bicyclic) bond motifs is 1. The van der Waals surface area contributed by atoms with E-state index >= 15 is 0 Å². The summed E-state index contributed by atoms with van der Waals surface area (Å²) in [6, 6.07) is 16.1. The minimum Gasteiger partial charge on any atom is -0.381 e. The zero-order chi connectivity index (χ0) is 23.3. The first kappa shape index (κ1) is 22.1. The normalized spacial score (nSPS) is 16.4. The van der Waals surface area contributed by atoms with E-state index in [1.54, 1.807) is 12.4 Å². The molecule has 0 saturated carbocycles. The van der Waals surface area contributed by atoms with Crippen molar-refractivity contribution < 1.29 is 9.53 Å². The van der Waals surface area contributed by atoms with E-state index in [1.165, 1.54) is 5.56 Å². The predicted octanol–water partition coefficient (Wildman–Crippen LogP) is 4.21. The molecule has 5 rings (SSSR count). The van der Waals surface area contributed by atoms with E-state index in [2.05, 4.69) is 33.5 Å². The SMILES string of the molecule is Cc1ccc(C(=O)N2CCOC[C@@H](Cc3cccc4[nH]ncc34)C2)cc1NCc1ccncc1. The van der Waals surface area contributed by atoms with Gasteiger partial charge in [0.2, 0.25) is 0 Å². The van der Waals surface area contributed by atoms with Crippen LogP contribution in [0.25, 0.3) is 10.9 Å². The molecule has 0 radical (unpaired) electrons. The van der Waals surface area contributed by atoms with Gasteiger partial charge in [0.05, 0.1) is 24.9 Å². The number of aromatic amines is 1. The number of carbonyl (C=O) groups is 1. The summed E-state index contributed by atoms with van der Waals surface area (Å²) in [7, 11) is 0. The fraction of sp³-hybridized carbons (Fsp3) is 0.296. The molecule has 1 fully saturated rings. The van der Waals surface area contributed by atoms with Crippen LogP contribution in [0.3, 0.4) is 0 Å². The molecule has 7 heteroatoms. The van der Waals surface area contributed by atoms with Crippen LogP contribution in [0.15, 0.2) is 67.1 Å². The number of carbonyl (C=O) groups excluding carboxylic acids is 1. The van der Waals surface area contributed by atoms with Crippen molar-refractivity contribution in [2.24, 2.45) is 5.92 Å². The van der Waals surface area contributed by atoms with Gasteiger partial charge < -0.3 is 15.0 Å². The van der Waals surface area contributed by atoms with Gasteiger partial charge in [-0.1, -0.05) is 18.2 Å². The molecule has 3 heterocycles. The summed E-state index contributed by atoms with van der Waals surface area (Å²) in [5, 5.41) is 11.8. The molecule has 1 atom stereocenters. The number of hydrogen-bond donors (Lipinski definition) is 2. The van der Waals surface area contributed by atoms with Crippen molar-refractivity contribution in [2.45, 2.75) is 19.9 Å². The topological polar surface area (TPSA) is 83.1 Å². The second-order valence-corrected chi connectivity index (χ2v) is 8.88. The van der Waals surface area contributed by atoms with E-state index in [0.29, 0.717) is 38.4 Å². The number of anilines is 1. The summed E-state index contributed by atoms with van der Waals surface area (Å²) in [4.78, 5) is 19.5. The molecule has 0 spiro atoms. The summed E-state index contributed by atoms with van der Waals surface area (Å²) >= 11 is 0. The summed E-state index contributed by atoms with van der Waals surface area (Å²) in [5.41, 5.74) is 6.18. The zero-order valence-electron chi connectivity index (χ0n) is 19.3. The Bertz CT molecular complexity index is 1270. The molecule has 0 unspecified atom stereocenters. The lowest BCUT2D eigenvalue weighted by molar-refractivity contribution is 0.0737. The van der Waals surface area contributed by atoms with Gasteiger partial charge in [-0.3, -0.25) is 14.9 Å². The second kappa shape index (κ2) is 10.1. The van der Waals surface area contributed by atoms with E-state index in [1.807, 2.05) is 53.6 Å². The Morgan fingerprint density at radius 3 is 2.97 bits per heavy atom. The molecule has 2 aromatic heterocycles. The third kappa shape index (κ3) is 4.94. The van der Waals surface area contributed by atoms with Crippen molar-refractivity contribution in [2.75, 3.05) is 31.6 Å². The molecule has 1 aliphatic heterocycles. The fourth-order valence-electron chi connectivity index (χ4n) is 4.53. The Hall–Kier alpha value is -3.71. The Balaban J connectivity index is 1.29. The number of aromatic nitrogens is 3. The highest BCUT2D eigenvalue weighted by Gasteiger charge is 2.24. The van der Waals surface area contributed by atoms with Gasteiger partial charge in [0.1, 0.15) is 0 Å². The summed E-state index contributed by atoms with van der Waals surface area (Å²) in [6.45, 7) is 5.19. The van der Waals surface area contributed by atoms with Crippen LogP contribution in [-0.2, 0) is 17.7 Å². The summed E-state index contributed by atoms with van der Waals surface area (Å²) in [6.07, 6.45) is 6.29. The molecule has 1 aliphatic rings. The molecular weight excluding hydrogens is 426 g/mol. The maximum atomic E-state index is 13.5. The van der Waals surface area contributed by atoms with E-state index in [9.17, 15) is 4.79 Å². The van der Waals surface area contributed by atoms with Gasteiger partial charge >= 0.3 is 0 Å². The quantitative estimate of drug-likeness (QED) is 0.455. The van der Waals surface area contributed by atoms with Crippen LogP contribution in [-0.4, -0.2) is 52.3 Å². The molecule has 34 heavy (non-hydrogen) atoms. The first-order chi connectivity index (χ1) is 16.7. The Labute approximate surface area is 199 Å². The molecule has 1 amide bonds. The number of rotatable bonds is 6. The number of nitrogens with zero attached hydrogens (tertiary/aromatic N) is 3. The number of amides is 1. The lowest BCUT2D eigenvalue weighted by Crippen LogP contribution is -2.36. The number of H-pyrrole nitrogens is 1. The maximum Gasteiger partial charge on any atom is 0.254 e. The minimum atomic E-state index is 0.0454. The third-order valence-corrected chi connectivity index (χ3v) is 6.43. The lowest BCUT2D eigenvalue weighted by Gasteiger charge is -2.24. The van der Waals surface area contributed by atoms with Gasteiger partial charge in [-0.15, -0.1) is 0 Å². The third-order valence-electron chi connectivity index (χ3n) is 6.43. The van der Waals surface area contributed by atoms with Crippen molar-refractivity contribution in [1.29, 1.82) is 0 Å². The molecule has 2 N–H and O–H groups in total. The first-order valence-corrected chi connectivity index (χ1v) is 11.7. The van der Waals surface area contributed by atoms with Crippen molar-refractivity contribution >= 4 is 22.5 Å². The van der Waals surface area contributed by atoms with Gasteiger partial charge in [-0.2, -0.15) is 5.10 Å². The van der Waals surface area contributed by atoms with E-state index in [4.69, 9.17) is 4.74 Å². The van der Waals surface area contributed by atoms with Crippen LogP contribution in [0.5, 0.6) is 0 Å².